The monoisotopic (exact) mass is 314 g/mol. The molecular weight excluding hydrogens is 292 g/mol. The zero-order valence-electron chi connectivity index (χ0n) is 12.0. The summed E-state index contributed by atoms with van der Waals surface area (Å²) < 4.78 is 1.93. The number of rotatable bonds is 5. The molecule has 0 saturated heterocycles. The Labute approximate surface area is 131 Å². The fourth-order valence-electron chi connectivity index (χ4n) is 2.56. The molecule has 0 bridgehead atoms. The maximum atomic E-state index is 5.97. The van der Waals surface area contributed by atoms with Crippen molar-refractivity contribution in [3.63, 3.8) is 0 Å². The number of thiocarbonyl (C=S) groups is 1. The molecule has 0 aromatic carbocycles. The molecule has 0 spiro atoms. The highest BCUT2D eigenvalue weighted by atomic mass is 35.5. The van der Waals surface area contributed by atoms with Gasteiger partial charge in [-0.15, -0.1) is 0 Å². The molecule has 1 aliphatic carbocycles. The second kappa shape index (κ2) is 7.84. The Morgan fingerprint density at radius 2 is 2.20 bits per heavy atom. The largest absolute Gasteiger partial charge is 0.363 e. The van der Waals surface area contributed by atoms with Gasteiger partial charge in [0, 0.05) is 19.1 Å². The molecule has 0 atom stereocenters. The molecule has 0 amide bonds. The summed E-state index contributed by atoms with van der Waals surface area (Å²) in [7, 11) is 0. The van der Waals surface area contributed by atoms with Crippen molar-refractivity contribution in [1.29, 1.82) is 0 Å². The Morgan fingerprint density at radius 3 is 2.85 bits per heavy atom. The van der Waals surface area contributed by atoms with Crippen molar-refractivity contribution in [2.24, 2.45) is 0 Å². The number of nitrogens with one attached hydrogen (secondary N) is 2. The molecule has 20 heavy (non-hydrogen) atoms. The smallest absolute Gasteiger partial charge is 0.166 e. The Bertz CT molecular complexity index is 440. The molecule has 4 nitrogen and oxygen atoms in total. The predicted molar refractivity (Wildman–Crippen MR) is 87.2 cm³/mol. The molecule has 6 heteroatoms. The van der Waals surface area contributed by atoms with Crippen molar-refractivity contribution in [1.82, 2.24) is 20.4 Å². The van der Waals surface area contributed by atoms with Gasteiger partial charge in [-0.05, 0) is 38.4 Å². The average Bonchev–Trinajstić information content (AvgIpc) is 2.76. The molecule has 1 saturated carbocycles. The number of aromatic nitrogens is 2. The van der Waals surface area contributed by atoms with Gasteiger partial charge in [0.1, 0.15) is 0 Å². The number of hydrogen-bond donors (Lipinski definition) is 2. The molecule has 1 aliphatic rings. The van der Waals surface area contributed by atoms with Gasteiger partial charge in [-0.3, -0.25) is 4.68 Å². The molecular formula is C14H23ClN4S. The molecule has 0 unspecified atom stereocenters. The van der Waals surface area contributed by atoms with E-state index >= 15 is 0 Å². The van der Waals surface area contributed by atoms with Crippen LogP contribution in [-0.2, 0) is 6.54 Å². The quantitative estimate of drug-likeness (QED) is 0.647. The van der Waals surface area contributed by atoms with E-state index in [1.54, 1.807) is 6.20 Å². The van der Waals surface area contributed by atoms with E-state index in [-0.39, 0.29) is 0 Å². The van der Waals surface area contributed by atoms with E-state index in [1.165, 1.54) is 32.1 Å². The van der Waals surface area contributed by atoms with Crippen LogP contribution < -0.4 is 10.6 Å². The molecule has 0 aliphatic heterocycles. The van der Waals surface area contributed by atoms with Gasteiger partial charge in [-0.1, -0.05) is 30.9 Å². The SMILES string of the molecule is Cc1c(Cl)cnn1CCCNC(=S)NC1CCCCC1. The van der Waals surface area contributed by atoms with E-state index < -0.39 is 0 Å². The Kier molecular flexibility index (Phi) is 6.10. The summed E-state index contributed by atoms with van der Waals surface area (Å²) in [5.74, 6) is 0. The van der Waals surface area contributed by atoms with E-state index in [0.29, 0.717) is 6.04 Å². The van der Waals surface area contributed by atoms with Crippen LogP contribution in [-0.4, -0.2) is 27.5 Å². The number of aryl methyl sites for hydroxylation is 1. The Morgan fingerprint density at radius 1 is 1.45 bits per heavy atom. The number of nitrogens with zero attached hydrogens (tertiary/aromatic N) is 2. The summed E-state index contributed by atoms with van der Waals surface area (Å²) in [6.45, 7) is 3.70. The van der Waals surface area contributed by atoms with Gasteiger partial charge in [0.2, 0.25) is 0 Å². The minimum absolute atomic E-state index is 0.566. The van der Waals surface area contributed by atoms with Crippen LogP contribution in [0.2, 0.25) is 5.02 Å². The van der Waals surface area contributed by atoms with Gasteiger partial charge in [0.05, 0.1) is 16.9 Å². The minimum atomic E-state index is 0.566. The number of halogens is 1. The fraction of sp³-hybridized carbons (Fsp3) is 0.714. The van der Waals surface area contributed by atoms with Crippen molar-refractivity contribution >= 4 is 28.9 Å². The van der Waals surface area contributed by atoms with Crippen LogP contribution in [0.4, 0.5) is 0 Å². The fourth-order valence-corrected chi connectivity index (χ4v) is 2.97. The van der Waals surface area contributed by atoms with Gasteiger partial charge in [-0.2, -0.15) is 5.10 Å². The first kappa shape index (κ1) is 15.6. The van der Waals surface area contributed by atoms with E-state index in [0.717, 1.165) is 35.3 Å². The third-order valence-electron chi connectivity index (χ3n) is 3.82. The highest BCUT2D eigenvalue weighted by Gasteiger charge is 2.13. The topological polar surface area (TPSA) is 41.9 Å². The first-order valence-corrected chi connectivity index (χ1v) is 8.17. The van der Waals surface area contributed by atoms with E-state index in [9.17, 15) is 0 Å². The second-order valence-corrected chi connectivity index (χ2v) is 6.21. The van der Waals surface area contributed by atoms with E-state index in [2.05, 4.69) is 15.7 Å². The van der Waals surface area contributed by atoms with Crippen LogP contribution >= 0.6 is 23.8 Å². The zero-order valence-corrected chi connectivity index (χ0v) is 13.6. The third-order valence-corrected chi connectivity index (χ3v) is 4.45. The highest BCUT2D eigenvalue weighted by molar-refractivity contribution is 7.80. The van der Waals surface area contributed by atoms with Gasteiger partial charge in [-0.25, -0.2) is 0 Å². The van der Waals surface area contributed by atoms with Gasteiger partial charge < -0.3 is 10.6 Å². The van der Waals surface area contributed by atoms with E-state index in [1.807, 2.05) is 11.6 Å². The van der Waals surface area contributed by atoms with Gasteiger partial charge in [0.25, 0.3) is 0 Å². The first-order chi connectivity index (χ1) is 9.66. The van der Waals surface area contributed by atoms with Crippen LogP contribution in [0, 0.1) is 6.92 Å². The van der Waals surface area contributed by atoms with Crippen LogP contribution in [0.25, 0.3) is 0 Å². The second-order valence-electron chi connectivity index (χ2n) is 5.39. The Balaban J connectivity index is 1.60. The summed E-state index contributed by atoms with van der Waals surface area (Å²) in [6, 6.07) is 0.566. The molecule has 2 N–H and O–H groups in total. The van der Waals surface area contributed by atoms with Gasteiger partial charge >= 0.3 is 0 Å². The van der Waals surface area contributed by atoms with Crippen molar-refractivity contribution in [2.45, 2.75) is 58.0 Å². The summed E-state index contributed by atoms with van der Waals surface area (Å²) in [5, 5.41) is 12.4. The first-order valence-electron chi connectivity index (χ1n) is 7.39. The molecule has 0 radical (unpaired) electrons. The summed E-state index contributed by atoms with van der Waals surface area (Å²) >= 11 is 11.3. The molecule has 2 rings (SSSR count). The highest BCUT2D eigenvalue weighted by Crippen LogP contribution is 2.17. The Hall–Kier alpha value is -0.810. The van der Waals surface area contributed by atoms with Crippen LogP contribution in [0.15, 0.2) is 6.20 Å². The number of hydrogen-bond acceptors (Lipinski definition) is 2. The van der Waals surface area contributed by atoms with Gasteiger partial charge in [0.15, 0.2) is 5.11 Å². The van der Waals surface area contributed by atoms with Crippen molar-refractivity contribution in [3.05, 3.63) is 16.9 Å². The summed E-state index contributed by atoms with van der Waals surface area (Å²) in [4.78, 5) is 0. The van der Waals surface area contributed by atoms with Crippen molar-refractivity contribution < 1.29 is 0 Å². The van der Waals surface area contributed by atoms with Crippen LogP contribution in [0.3, 0.4) is 0 Å². The lowest BCUT2D eigenvalue weighted by molar-refractivity contribution is 0.411. The maximum Gasteiger partial charge on any atom is 0.166 e. The molecule has 1 heterocycles. The van der Waals surface area contributed by atoms with Crippen LogP contribution in [0.1, 0.15) is 44.2 Å². The lowest BCUT2D eigenvalue weighted by Crippen LogP contribution is -2.43. The molecule has 1 fully saturated rings. The molecule has 1 aromatic heterocycles. The predicted octanol–water partition coefficient (Wildman–Crippen LogP) is 3.03. The normalized spacial score (nSPS) is 16.1. The zero-order chi connectivity index (χ0) is 14.4. The third kappa shape index (κ3) is 4.63. The minimum Gasteiger partial charge on any atom is -0.363 e. The average molecular weight is 315 g/mol. The lowest BCUT2D eigenvalue weighted by Gasteiger charge is -2.24. The van der Waals surface area contributed by atoms with E-state index in [4.69, 9.17) is 23.8 Å². The molecule has 1 aromatic rings. The summed E-state index contributed by atoms with van der Waals surface area (Å²) in [6.07, 6.45) is 9.16. The van der Waals surface area contributed by atoms with Crippen molar-refractivity contribution in [2.75, 3.05) is 6.54 Å². The lowest BCUT2D eigenvalue weighted by atomic mass is 9.96. The summed E-state index contributed by atoms with van der Waals surface area (Å²) in [5.41, 5.74) is 1.02. The standard InChI is InChI=1S/C14H23ClN4S/c1-11-13(15)10-17-19(11)9-5-8-16-14(20)18-12-6-3-2-4-7-12/h10,12H,2-9H2,1H3,(H2,16,18,20). The molecule has 112 valence electrons. The maximum absolute atomic E-state index is 5.97. The van der Waals surface area contributed by atoms with Crippen molar-refractivity contribution in [3.8, 4) is 0 Å². The van der Waals surface area contributed by atoms with Crippen LogP contribution in [0.5, 0.6) is 0 Å².